The number of hydrogen-bond acceptors (Lipinski definition) is 6. The van der Waals surface area contributed by atoms with E-state index in [4.69, 9.17) is 4.74 Å². The molecule has 0 saturated carbocycles. The van der Waals surface area contributed by atoms with Crippen molar-refractivity contribution in [3.8, 4) is 0 Å². The third-order valence-corrected chi connectivity index (χ3v) is 8.53. The van der Waals surface area contributed by atoms with Crippen LogP contribution in [-0.2, 0) is 24.3 Å². The van der Waals surface area contributed by atoms with Gasteiger partial charge in [0.1, 0.15) is 16.4 Å². The normalized spacial score (nSPS) is 18.4. The summed E-state index contributed by atoms with van der Waals surface area (Å²) >= 11 is 0. The Kier molecular flexibility index (Phi) is 7.97. The number of esters is 1. The van der Waals surface area contributed by atoms with Crippen molar-refractivity contribution in [2.45, 2.75) is 75.7 Å². The van der Waals surface area contributed by atoms with E-state index in [1.165, 1.54) is 6.07 Å². The first-order valence-electron chi connectivity index (χ1n) is 13.0. The standard InChI is InChI=1S/C29H34N2O5S/c1-4-15-29(16-5-2)19-24(32)26(28(33)36-29)23(6-3)21-11-7-13-22(18-21)31-37(34,35)25-14-8-10-20-12-9-17-30-27(20)25/h7-14,17-18,23,26,31H,4-6,15-16,19H2,1-3H3. The predicted molar refractivity (Wildman–Crippen MR) is 144 cm³/mol. The molecule has 1 aliphatic heterocycles. The van der Waals surface area contributed by atoms with Crippen LogP contribution in [0.2, 0.25) is 0 Å². The van der Waals surface area contributed by atoms with Gasteiger partial charge in [0.15, 0.2) is 5.78 Å². The first-order valence-corrected chi connectivity index (χ1v) is 14.4. The molecule has 2 atom stereocenters. The van der Waals surface area contributed by atoms with E-state index in [0.717, 1.165) is 18.2 Å². The number of anilines is 1. The molecule has 196 valence electrons. The average molecular weight is 523 g/mol. The van der Waals surface area contributed by atoms with E-state index in [1.807, 2.05) is 39.0 Å². The Bertz CT molecular complexity index is 1370. The maximum absolute atomic E-state index is 13.3. The SMILES string of the molecule is CCCC1(CCC)CC(=O)C(C(CC)c2cccc(NS(=O)(=O)c3cccc4cccnc34)c2)C(=O)O1. The molecule has 8 heteroatoms. The van der Waals surface area contributed by atoms with Gasteiger partial charge in [-0.05, 0) is 49.1 Å². The molecule has 0 amide bonds. The van der Waals surface area contributed by atoms with Crippen LogP contribution in [0.25, 0.3) is 10.9 Å². The van der Waals surface area contributed by atoms with Crippen molar-refractivity contribution in [2.24, 2.45) is 5.92 Å². The lowest BCUT2D eigenvalue weighted by Gasteiger charge is -2.40. The monoisotopic (exact) mass is 522 g/mol. The number of carbonyl (C=O) groups excluding carboxylic acids is 2. The Morgan fingerprint density at radius 1 is 1.03 bits per heavy atom. The number of carbonyl (C=O) groups is 2. The second-order valence-corrected chi connectivity index (χ2v) is 11.5. The number of hydrogen-bond donors (Lipinski definition) is 1. The van der Waals surface area contributed by atoms with Gasteiger partial charge in [-0.2, -0.15) is 0 Å². The minimum absolute atomic E-state index is 0.0808. The largest absolute Gasteiger partial charge is 0.458 e. The number of benzene rings is 2. The van der Waals surface area contributed by atoms with Crippen LogP contribution in [0.5, 0.6) is 0 Å². The van der Waals surface area contributed by atoms with Crippen LogP contribution in [0.4, 0.5) is 5.69 Å². The molecule has 37 heavy (non-hydrogen) atoms. The third-order valence-electron chi connectivity index (χ3n) is 7.12. The zero-order chi connectivity index (χ0) is 26.6. The topological polar surface area (TPSA) is 102 Å². The Morgan fingerprint density at radius 3 is 2.41 bits per heavy atom. The quantitative estimate of drug-likeness (QED) is 0.259. The first kappa shape index (κ1) is 26.8. The number of pyridine rings is 1. The summed E-state index contributed by atoms with van der Waals surface area (Å²) in [5, 5.41) is 0.724. The van der Waals surface area contributed by atoms with Crippen LogP contribution in [-0.4, -0.2) is 30.8 Å². The summed E-state index contributed by atoms with van der Waals surface area (Å²) in [6, 6.07) is 15.5. The van der Waals surface area contributed by atoms with Gasteiger partial charge in [0.25, 0.3) is 10.0 Å². The lowest BCUT2D eigenvalue weighted by atomic mass is 9.74. The van der Waals surface area contributed by atoms with Gasteiger partial charge >= 0.3 is 5.97 Å². The minimum Gasteiger partial charge on any atom is -0.458 e. The summed E-state index contributed by atoms with van der Waals surface area (Å²) in [6.45, 7) is 5.97. The van der Waals surface area contributed by atoms with Crippen LogP contribution in [0, 0.1) is 5.92 Å². The van der Waals surface area contributed by atoms with Crippen LogP contribution in [0.3, 0.4) is 0 Å². The highest BCUT2D eigenvalue weighted by Gasteiger charge is 2.48. The van der Waals surface area contributed by atoms with E-state index in [0.29, 0.717) is 36.0 Å². The molecule has 2 aromatic carbocycles. The Morgan fingerprint density at radius 2 is 1.73 bits per heavy atom. The van der Waals surface area contributed by atoms with Crippen molar-refractivity contribution < 1.29 is 22.7 Å². The van der Waals surface area contributed by atoms with Crippen molar-refractivity contribution in [3.05, 3.63) is 66.4 Å². The van der Waals surface area contributed by atoms with Gasteiger partial charge in [-0.3, -0.25) is 19.3 Å². The van der Waals surface area contributed by atoms with Crippen LogP contribution < -0.4 is 4.72 Å². The summed E-state index contributed by atoms with van der Waals surface area (Å²) < 4.78 is 35.2. The van der Waals surface area contributed by atoms with Crippen molar-refractivity contribution >= 4 is 38.4 Å². The van der Waals surface area contributed by atoms with E-state index in [2.05, 4.69) is 9.71 Å². The molecule has 0 radical (unpaired) electrons. The van der Waals surface area contributed by atoms with Crippen LogP contribution in [0.15, 0.2) is 65.7 Å². The highest BCUT2D eigenvalue weighted by molar-refractivity contribution is 7.93. The van der Waals surface area contributed by atoms with Crippen molar-refractivity contribution in [1.29, 1.82) is 0 Å². The molecule has 0 bridgehead atoms. The van der Waals surface area contributed by atoms with Gasteiger partial charge in [0.05, 0.1) is 5.52 Å². The summed E-state index contributed by atoms with van der Waals surface area (Å²) in [6.07, 6.45) is 5.31. The molecule has 4 rings (SSSR count). The number of para-hydroxylation sites is 1. The Labute approximate surface area is 218 Å². The number of ether oxygens (including phenoxy) is 1. The second kappa shape index (κ2) is 11.0. The maximum atomic E-state index is 13.3. The highest BCUT2D eigenvalue weighted by atomic mass is 32.2. The van der Waals surface area contributed by atoms with Gasteiger partial charge < -0.3 is 4.74 Å². The zero-order valence-corrected chi connectivity index (χ0v) is 22.4. The lowest BCUT2D eigenvalue weighted by molar-refractivity contribution is -0.180. The molecule has 0 aliphatic carbocycles. The molecular formula is C29H34N2O5S. The van der Waals surface area contributed by atoms with Crippen LogP contribution >= 0.6 is 0 Å². The van der Waals surface area contributed by atoms with Crippen LogP contribution in [0.1, 0.15) is 70.8 Å². The molecule has 2 unspecified atom stereocenters. The number of rotatable bonds is 10. The molecule has 7 nitrogen and oxygen atoms in total. The number of nitrogens with zero attached hydrogens (tertiary/aromatic N) is 1. The molecule has 3 aromatic rings. The predicted octanol–water partition coefficient (Wildman–Crippen LogP) is 6.00. The Hall–Kier alpha value is -3.26. The fourth-order valence-electron chi connectivity index (χ4n) is 5.58. The number of cyclic esters (lactones) is 1. The number of fused-ring (bicyclic) bond motifs is 1. The van der Waals surface area contributed by atoms with E-state index >= 15 is 0 Å². The van der Waals surface area contributed by atoms with Crippen molar-refractivity contribution in [3.63, 3.8) is 0 Å². The number of Topliss-reactive ketones (excluding diaryl/α,β-unsaturated/α-hetero) is 1. The highest BCUT2D eigenvalue weighted by Crippen LogP contribution is 2.41. The first-order chi connectivity index (χ1) is 17.7. The van der Waals surface area contributed by atoms with Gasteiger partial charge in [0, 0.05) is 29.6 Å². The fourth-order valence-corrected chi connectivity index (χ4v) is 6.81. The number of nitrogens with one attached hydrogen (secondary N) is 1. The fraction of sp³-hybridized carbons (Fsp3) is 0.414. The van der Waals surface area contributed by atoms with E-state index < -0.39 is 33.4 Å². The van der Waals surface area contributed by atoms with Gasteiger partial charge in [-0.1, -0.05) is 63.9 Å². The van der Waals surface area contributed by atoms with Crippen molar-refractivity contribution in [1.82, 2.24) is 4.98 Å². The summed E-state index contributed by atoms with van der Waals surface area (Å²) in [5.41, 5.74) is 0.744. The minimum atomic E-state index is -3.93. The van der Waals surface area contributed by atoms with Gasteiger partial charge in [-0.15, -0.1) is 0 Å². The van der Waals surface area contributed by atoms with Gasteiger partial charge in [-0.25, -0.2) is 8.42 Å². The molecular weight excluding hydrogens is 488 g/mol. The molecule has 1 aliphatic rings. The summed E-state index contributed by atoms with van der Waals surface area (Å²) in [5.74, 6) is -1.89. The average Bonchev–Trinajstić information content (AvgIpc) is 2.86. The van der Waals surface area contributed by atoms with E-state index in [1.54, 1.807) is 36.5 Å². The summed E-state index contributed by atoms with van der Waals surface area (Å²) in [4.78, 5) is 30.9. The van der Waals surface area contributed by atoms with E-state index in [-0.39, 0.29) is 17.1 Å². The number of sulfonamides is 1. The number of ketones is 1. The molecule has 2 heterocycles. The third kappa shape index (κ3) is 5.54. The molecule has 1 fully saturated rings. The maximum Gasteiger partial charge on any atom is 0.317 e. The van der Waals surface area contributed by atoms with Crippen molar-refractivity contribution in [2.75, 3.05) is 4.72 Å². The smallest absolute Gasteiger partial charge is 0.317 e. The van der Waals surface area contributed by atoms with E-state index in [9.17, 15) is 18.0 Å². The Balaban J connectivity index is 1.61. The summed E-state index contributed by atoms with van der Waals surface area (Å²) in [7, 11) is -3.93. The molecule has 1 aromatic heterocycles. The lowest BCUT2D eigenvalue weighted by Crippen LogP contribution is -2.49. The molecule has 0 spiro atoms. The second-order valence-electron chi connectivity index (χ2n) is 9.80. The molecule has 1 N–H and O–H groups in total. The van der Waals surface area contributed by atoms with Gasteiger partial charge in [0.2, 0.25) is 0 Å². The zero-order valence-electron chi connectivity index (χ0n) is 21.6. The molecule has 1 saturated heterocycles. The number of aromatic nitrogens is 1.